The number of ether oxygens (including phenoxy) is 2. The van der Waals surface area contributed by atoms with Crippen molar-refractivity contribution >= 4 is 5.78 Å². The van der Waals surface area contributed by atoms with E-state index in [0.717, 1.165) is 29.5 Å². The van der Waals surface area contributed by atoms with Gasteiger partial charge in [-0.15, -0.1) is 0 Å². The van der Waals surface area contributed by atoms with Gasteiger partial charge in [0.15, 0.2) is 28.8 Å². The summed E-state index contributed by atoms with van der Waals surface area (Å²) in [5, 5.41) is 0. The summed E-state index contributed by atoms with van der Waals surface area (Å²) in [6.07, 6.45) is 5.46. The molecule has 0 radical (unpaired) electrons. The predicted molar refractivity (Wildman–Crippen MR) is 127 cm³/mol. The molecule has 1 atom stereocenters. The Hall–Kier alpha value is -3.93. The maximum Gasteiger partial charge on any atom is 0.188 e. The number of imidazole rings is 1. The van der Waals surface area contributed by atoms with Gasteiger partial charge in [0, 0.05) is 35.5 Å². The molecule has 0 aliphatic heterocycles. The molecular formula is C28H25FN2O3. The van der Waals surface area contributed by atoms with Crippen molar-refractivity contribution in [3.05, 3.63) is 113 Å². The molecule has 6 heteroatoms. The second kappa shape index (κ2) is 9.14. The Morgan fingerprint density at radius 2 is 1.79 bits per heavy atom. The van der Waals surface area contributed by atoms with Gasteiger partial charge in [0.25, 0.3) is 0 Å². The zero-order valence-electron chi connectivity index (χ0n) is 18.9. The lowest BCUT2D eigenvalue weighted by Crippen LogP contribution is -2.33. The highest BCUT2D eigenvalue weighted by molar-refractivity contribution is 5.99. The SMILES string of the molecule is C[C@](Oc1ccc2c(c1COc1ccccc1F)CCCC2=O)(c1ccccc1)c1ncc[nH]1. The summed E-state index contributed by atoms with van der Waals surface area (Å²) in [5.41, 5.74) is 2.33. The first-order valence-corrected chi connectivity index (χ1v) is 11.4. The first-order chi connectivity index (χ1) is 16.6. The summed E-state index contributed by atoms with van der Waals surface area (Å²) in [6.45, 7) is 2.03. The van der Waals surface area contributed by atoms with Gasteiger partial charge in [0.1, 0.15) is 12.4 Å². The Morgan fingerprint density at radius 3 is 2.56 bits per heavy atom. The Labute approximate surface area is 197 Å². The van der Waals surface area contributed by atoms with Crippen molar-refractivity contribution in [1.82, 2.24) is 9.97 Å². The number of ketones is 1. The Morgan fingerprint density at radius 1 is 1.00 bits per heavy atom. The molecule has 0 spiro atoms. The third kappa shape index (κ3) is 4.07. The molecule has 1 aromatic heterocycles. The Kier molecular flexibility index (Phi) is 5.88. The van der Waals surface area contributed by atoms with Crippen molar-refractivity contribution in [3.63, 3.8) is 0 Å². The molecule has 0 saturated carbocycles. The number of halogens is 1. The van der Waals surface area contributed by atoms with Crippen LogP contribution >= 0.6 is 0 Å². The van der Waals surface area contributed by atoms with Crippen molar-refractivity contribution < 1.29 is 18.7 Å². The van der Waals surface area contributed by atoms with Crippen molar-refractivity contribution in [1.29, 1.82) is 0 Å². The summed E-state index contributed by atoms with van der Waals surface area (Å²) in [5.74, 6) is 1.05. The van der Waals surface area contributed by atoms with Gasteiger partial charge in [-0.1, -0.05) is 42.5 Å². The van der Waals surface area contributed by atoms with Crippen LogP contribution in [-0.4, -0.2) is 15.8 Å². The number of benzene rings is 3. The van der Waals surface area contributed by atoms with Crippen molar-refractivity contribution in [2.75, 3.05) is 0 Å². The second-order valence-electron chi connectivity index (χ2n) is 8.50. The van der Waals surface area contributed by atoms with Gasteiger partial charge in [0.05, 0.1) is 0 Å². The van der Waals surface area contributed by atoms with E-state index in [1.807, 2.05) is 49.4 Å². The molecule has 0 unspecified atom stereocenters. The first-order valence-electron chi connectivity index (χ1n) is 11.4. The Balaban J connectivity index is 1.59. The lowest BCUT2D eigenvalue weighted by Gasteiger charge is -2.32. The minimum Gasteiger partial charge on any atom is -0.486 e. The highest BCUT2D eigenvalue weighted by atomic mass is 19.1. The van der Waals surface area contributed by atoms with Crippen LogP contribution in [0, 0.1) is 5.82 Å². The van der Waals surface area contributed by atoms with E-state index in [-0.39, 0.29) is 18.1 Å². The summed E-state index contributed by atoms with van der Waals surface area (Å²) in [6, 6.07) is 19.8. The monoisotopic (exact) mass is 456 g/mol. The third-order valence-corrected chi connectivity index (χ3v) is 6.32. The van der Waals surface area contributed by atoms with Crippen molar-refractivity contribution in [2.24, 2.45) is 0 Å². The van der Waals surface area contributed by atoms with Gasteiger partial charge >= 0.3 is 0 Å². The molecule has 5 nitrogen and oxygen atoms in total. The molecule has 172 valence electrons. The molecule has 3 aromatic carbocycles. The van der Waals surface area contributed by atoms with Crippen LogP contribution in [0.25, 0.3) is 0 Å². The van der Waals surface area contributed by atoms with E-state index in [4.69, 9.17) is 9.47 Å². The van der Waals surface area contributed by atoms with Crippen LogP contribution in [0.5, 0.6) is 11.5 Å². The molecule has 4 aromatic rings. The number of hydrogen-bond donors (Lipinski definition) is 1. The summed E-state index contributed by atoms with van der Waals surface area (Å²) >= 11 is 0. The van der Waals surface area contributed by atoms with Gasteiger partial charge in [-0.2, -0.15) is 0 Å². The van der Waals surface area contributed by atoms with Gasteiger partial charge in [-0.05, 0) is 49.6 Å². The number of nitrogens with zero attached hydrogens (tertiary/aromatic N) is 1. The molecule has 34 heavy (non-hydrogen) atoms. The number of rotatable bonds is 7. The van der Waals surface area contributed by atoms with Gasteiger partial charge in [0.2, 0.25) is 0 Å². The lowest BCUT2D eigenvalue weighted by atomic mass is 9.86. The second-order valence-corrected chi connectivity index (χ2v) is 8.50. The zero-order valence-corrected chi connectivity index (χ0v) is 18.9. The molecule has 0 amide bonds. The van der Waals surface area contributed by atoms with Gasteiger partial charge < -0.3 is 14.5 Å². The van der Waals surface area contributed by atoms with E-state index in [2.05, 4.69) is 9.97 Å². The highest BCUT2D eigenvalue weighted by Gasteiger charge is 2.35. The molecule has 1 N–H and O–H groups in total. The fraction of sp³-hybridized carbons (Fsp3) is 0.214. The minimum atomic E-state index is -0.926. The number of aromatic amines is 1. The first kappa shape index (κ1) is 21.9. The largest absolute Gasteiger partial charge is 0.486 e. The van der Waals surface area contributed by atoms with E-state index in [0.29, 0.717) is 23.6 Å². The predicted octanol–water partition coefficient (Wildman–Crippen LogP) is 5.99. The van der Waals surface area contributed by atoms with E-state index in [1.165, 1.54) is 6.07 Å². The molecule has 0 bridgehead atoms. The molecule has 1 heterocycles. The molecule has 0 fully saturated rings. The molecule has 5 rings (SSSR count). The van der Waals surface area contributed by atoms with E-state index in [1.54, 1.807) is 30.6 Å². The third-order valence-electron chi connectivity index (χ3n) is 6.32. The van der Waals surface area contributed by atoms with Crippen LogP contribution < -0.4 is 9.47 Å². The van der Waals surface area contributed by atoms with Crippen LogP contribution in [0.2, 0.25) is 0 Å². The minimum absolute atomic E-state index is 0.0791. The number of carbonyl (C=O) groups excluding carboxylic acids is 1. The van der Waals surface area contributed by atoms with Crippen LogP contribution in [0.3, 0.4) is 0 Å². The van der Waals surface area contributed by atoms with Crippen molar-refractivity contribution in [3.8, 4) is 11.5 Å². The molecule has 0 saturated heterocycles. The topological polar surface area (TPSA) is 64.2 Å². The normalized spacial score (nSPS) is 14.8. The lowest BCUT2D eigenvalue weighted by molar-refractivity contribution is 0.0970. The smallest absolute Gasteiger partial charge is 0.188 e. The summed E-state index contributed by atoms with van der Waals surface area (Å²) in [4.78, 5) is 20.3. The van der Waals surface area contributed by atoms with Crippen molar-refractivity contribution in [2.45, 2.75) is 38.4 Å². The van der Waals surface area contributed by atoms with Gasteiger partial charge in [-0.3, -0.25) is 4.79 Å². The highest BCUT2D eigenvalue weighted by Crippen LogP contribution is 2.38. The van der Waals surface area contributed by atoms with Crippen LogP contribution in [0.15, 0.2) is 79.1 Å². The average molecular weight is 457 g/mol. The number of Topliss-reactive ketones (excluding diaryl/α,β-unsaturated/α-hetero) is 1. The Bertz CT molecular complexity index is 1300. The molecular weight excluding hydrogens is 431 g/mol. The van der Waals surface area contributed by atoms with Crippen LogP contribution in [-0.2, 0) is 18.6 Å². The van der Waals surface area contributed by atoms with E-state index in [9.17, 15) is 9.18 Å². The molecule has 1 aliphatic carbocycles. The number of para-hydroxylation sites is 1. The van der Waals surface area contributed by atoms with Crippen LogP contribution in [0.1, 0.15) is 52.6 Å². The number of hydrogen-bond acceptors (Lipinski definition) is 4. The number of carbonyl (C=O) groups is 1. The maximum absolute atomic E-state index is 14.2. The van der Waals surface area contributed by atoms with E-state index < -0.39 is 11.4 Å². The maximum atomic E-state index is 14.2. The number of H-pyrrole nitrogens is 1. The number of fused-ring (bicyclic) bond motifs is 1. The summed E-state index contributed by atoms with van der Waals surface area (Å²) in [7, 11) is 0. The fourth-order valence-corrected chi connectivity index (χ4v) is 4.49. The van der Waals surface area contributed by atoms with Gasteiger partial charge in [-0.25, -0.2) is 9.37 Å². The standard InChI is InChI=1S/C28H25FN2O3/c1-28(27-30-16-17-31-27,19-8-3-2-4-9-19)34-25-15-14-21-20(10-7-12-24(21)32)22(25)18-33-26-13-6-5-11-23(26)29/h2-6,8-9,11,13-17H,7,10,12,18H2,1H3,(H,30,31)/t28-/m0/s1. The fourth-order valence-electron chi connectivity index (χ4n) is 4.49. The van der Waals surface area contributed by atoms with Crippen LogP contribution in [0.4, 0.5) is 4.39 Å². The van der Waals surface area contributed by atoms with E-state index >= 15 is 0 Å². The zero-order chi connectivity index (χ0) is 23.5. The average Bonchev–Trinajstić information content (AvgIpc) is 3.41. The number of nitrogens with one attached hydrogen (secondary N) is 1. The summed E-state index contributed by atoms with van der Waals surface area (Å²) < 4.78 is 26.8. The molecule has 1 aliphatic rings. The number of aromatic nitrogens is 2. The quantitative estimate of drug-likeness (QED) is 0.371.